The van der Waals surface area contributed by atoms with Crippen LogP contribution in [0.25, 0.3) is 0 Å². The molecule has 1 aliphatic heterocycles. The highest BCUT2D eigenvalue weighted by Gasteiger charge is 2.21. The van der Waals surface area contributed by atoms with Gasteiger partial charge in [-0.2, -0.15) is 5.26 Å². The molecule has 0 aromatic heterocycles. The van der Waals surface area contributed by atoms with Crippen LogP contribution in [0.4, 0.5) is 4.79 Å². The van der Waals surface area contributed by atoms with E-state index in [1.165, 1.54) is 0 Å². The van der Waals surface area contributed by atoms with Crippen molar-refractivity contribution < 1.29 is 4.79 Å². The van der Waals surface area contributed by atoms with Crippen LogP contribution in [0.5, 0.6) is 0 Å². The van der Waals surface area contributed by atoms with Gasteiger partial charge in [0.1, 0.15) is 0 Å². The molecule has 4 nitrogen and oxygen atoms in total. The molecule has 1 unspecified atom stereocenters. The fraction of sp³-hybridized carbons (Fsp3) is 0.833. The van der Waals surface area contributed by atoms with Gasteiger partial charge in [-0.1, -0.05) is 13.8 Å². The highest BCUT2D eigenvalue weighted by molar-refractivity contribution is 5.74. The summed E-state index contributed by atoms with van der Waals surface area (Å²) < 4.78 is 0. The van der Waals surface area contributed by atoms with Gasteiger partial charge in [0.25, 0.3) is 0 Å². The van der Waals surface area contributed by atoms with Crippen LogP contribution in [0.2, 0.25) is 0 Å². The average molecular weight is 223 g/mol. The molecule has 1 heterocycles. The predicted molar refractivity (Wildman–Crippen MR) is 62.8 cm³/mol. The standard InChI is InChI=1S/C12H21N3O/c1-3-11(4-7-13)14-12(16)15-8-5-10(2)6-9-15/h10-11H,3-6,8-9H2,1-2H3,(H,14,16). The first kappa shape index (κ1) is 12.8. The highest BCUT2D eigenvalue weighted by Crippen LogP contribution is 2.16. The molecule has 4 heteroatoms. The minimum Gasteiger partial charge on any atom is -0.334 e. The summed E-state index contributed by atoms with van der Waals surface area (Å²) in [5.41, 5.74) is 0. The molecule has 16 heavy (non-hydrogen) atoms. The van der Waals surface area contributed by atoms with Crippen LogP contribution >= 0.6 is 0 Å². The third-order valence-electron chi connectivity index (χ3n) is 3.23. The van der Waals surface area contributed by atoms with Crippen molar-refractivity contribution in [3.8, 4) is 6.07 Å². The average Bonchev–Trinajstić information content (AvgIpc) is 2.29. The smallest absolute Gasteiger partial charge is 0.317 e. The Bertz CT molecular complexity index is 264. The normalized spacial score (nSPS) is 18.9. The summed E-state index contributed by atoms with van der Waals surface area (Å²) in [6, 6.07) is 2.09. The molecule has 0 spiro atoms. The van der Waals surface area contributed by atoms with Gasteiger partial charge in [0.15, 0.2) is 0 Å². The number of hydrogen-bond acceptors (Lipinski definition) is 2. The Hall–Kier alpha value is -1.24. The molecule has 1 atom stereocenters. The van der Waals surface area contributed by atoms with Crippen molar-refractivity contribution in [2.45, 2.75) is 45.6 Å². The number of urea groups is 1. The summed E-state index contributed by atoms with van der Waals surface area (Å²) in [7, 11) is 0. The molecule has 0 bridgehead atoms. The van der Waals surface area contributed by atoms with E-state index in [-0.39, 0.29) is 12.1 Å². The number of likely N-dealkylation sites (tertiary alicyclic amines) is 1. The number of carbonyl (C=O) groups is 1. The van der Waals surface area contributed by atoms with Crippen LogP contribution in [0.3, 0.4) is 0 Å². The SMILES string of the molecule is CCC(CC#N)NC(=O)N1CCC(C)CC1. The number of nitrogens with one attached hydrogen (secondary N) is 1. The van der Waals surface area contributed by atoms with Crippen LogP contribution in [-0.4, -0.2) is 30.1 Å². The molecular formula is C12H21N3O. The molecule has 0 aliphatic carbocycles. The van der Waals surface area contributed by atoms with E-state index in [1.54, 1.807) is 0 Å². The van der Waals surface area contributed by atoms with Gasteiger partial charge in [0.05, 0.1) is 12.5 Å². The van der Waals surface area contributed by atoms with Crippen molar-refractivity contribution in [2.24, 2.45) is 5.92 Å². The summed E-state index contributed by atoms with van der Waals surface area (Å²) in [5.74, 6) is 0.727. The van der Waals surface area contributed by atoms with Crippen molar-refractivity contribution in [3.63, 3.8) is 0 Å². The number of nitriles is 1. The second-order valence-corrected chi connectivity index (χ2v) is 4.59. The zero-order valence-electron chi connectivity index (χ0n) is 10.2. The first-order valence-corrected chi connectivity index (χ1v) is 6.09. The van der Waals surface area contributed by atoms with E-state index in [9.17, 15) is 4.79 Å². The summed E-state index contributed by atoms with van der Waals surface area (Å²) in [6.45, 7) is 5.90. The lowest BCUT2D eigenvalue weighted by atomic mass is 9.99. The fourth-order valence-corrected chi connectivity index (χ4v) is 1.89. The molecule has 2 amide bonds. The second-order valence-electron chi connectivity index (χ2n) is 4.59. The zero-order valence-corrected chi connectivity index (χ0v) is 10.2. The van der Waals surface area contributed by atoms with E-state index in [1.807, 2.05) is 11.8 Å². The third-order valence-corrected chi connectivity index (χ3v) is 3.23. The lowest BCUT2D eigenvalue weighted by Crippen LogP contribution is -2.47. The van der Waals surface area contributed by atoms with Crippen LogP contribution < -0.4 is 5.32 Å². The van der Waals surface area contributed by atoms with Gasteiger partial charge < -0.3 is 10.2 Å². The molecular weight excluding hydrogens is 202 g/mol. The van der Waals surface area contributed by atoms with Crippen LogP contribution in [0, 0.1) is 17.2 Å². The number of nitrogens with zero attached hydrogens (tertiary/aromatic N) is 2. The first-order valence-electron chi connectivity index (χ1n) is 6.09. The van der Waals surface area contributed by atoms with Crippen LogP contribution in [0.15, 0.2) is 0 Å². The maximum absolute atomic E-state index is 11.9. The monoisotopic (exact) mass is 223 g/mol. The Morgan fingerprint density at radius 2 is 2.19 bits per heavy atom. The van der Waals surface area contributed by atoms with Gasteiger partial charge in [0, 0.05) is 19.1 Å². The summed E-state index contributed by atoms with van der Waals surface area (Å²) in [4.78, 5) is 13.7. The molecule has 0 aromatic rings. The van der Waals surface area contributed by atoms with Crippen molar-refractivity contribution in [1.82, 2.24) is 10.2 Å². The molecule has 90 valence electrons. The first-order chi connectivity index (χ1) is 7.67. The van der Waals surface area contributed by atoms with E-state index < -0.39 is 0 Å². The van der Waals surface area contributed by atoms with E-state index in [0.29, 0.717) is 6.42 Å². The highest BCUT2D eigenvalue weighted by atomic mass is 16.2. The molecule has 1 rings (SSSR count). The van der Waals surface area contributed by atoms with Gasteiger partial charge in [-0.05, 0) is 25.2 Å². The topological polar surface area (TPSA) is 56.1 Å². The van der Waals surface area contributed by atoms with Gasteiger partial charge >= 0.3 is 6.03 Å². The van der Waals surface area contributed by atoms with Crippen LogP contribution in [-0.2, 0) is 0 Å². The lowest BCUT2D eigenvalue weighted by Gasteiger charge is -2.31. The zero-order chi connectivity index (χ0) is 12.0. The molecule has 0 aromatic carbocycles. The number of carbonyl (C=O) groups excluding carboxylic acids is 1. The Labute approximate surface area is 97.6 Å². The molecule has 1 fully saturated rings. The van der Waals surface area contributed by atoms with E-state index in [2.05, 4.69) is 18.3 Å². The van der Waals surface area contributed by atoms with Crippen molar-refractivity contribution >= 4 is 6.03 Å². The quantitative estimate of drug-likeness (QED) is 0.796. The van der Waals surface area contributed by atoms with E-state index in [0.717, 1.165) is 38.3 Å². The summed E-state index contributed by atoms with van der Waals surface area (Å²) in [6.07, 6.45) is 3.38. The van der Waals surface area contributed by atoms with Gasteiger partial charge in [0.2, 0.25) is 0 Å². The summed E-state index contributed by atoms with van der Waals surface area (Å²) in [5, 5.41) is 11.5. The van der Waals surface area contributed by atoms with Crippen molar-refractivity contribution in [3.05, 3.63) is 0 Å². The maximum Gasteiger partial charge on any atom is 0.317 e. The number of amides is 2. The van der Waals surface area contributed by atoms with Gasteiger partial charge in [-0.15, -0.1) is 0 Å². The Kier molecular flexibility index (Phi) is 5.10. The van der Waals surface area contributed by atoms with E-state index >= 15 is 0 Å². The Morgan fingerprint density at radius 3 is 2.69 bits per heavy atom. The second kappa shape index (κ2) is 6.37. The van der Waals surface area contributed by atoms with Gasteiger partial charge in [-0.3, -0.25) is 0 Å². The number of hydrogen-bond donors (Lipinski definition) is 1. The predicted octanol–water partition coefficient (Wildman–Crippen LogP) is 2.12. The minimum atomic E-state index is -0.00556. The minimum absolute atomic E-state index is 0.00292. The Balaban J connectivity index is 2.37. The lowest BCUT2D eigenvalue weighted by molar-refractivity contribution is 0.170. The third kappa shape index (κ3) is 3.73. The summed E-state index contributed by atoms with van der Waals surface area (Å²) >= 11 is 0. The van der Waals surface area contributed by atoms with E-state index in [4.69, 9.17) is 5.26 Å². The van der Waals surface area contributed by atoms with Crippen molar-refractivity contribution in [2.75, 3.05) is 13.1 Å². The number of piperidine rings is 1. The van der Waals surface area contributed by atoms with Crippen LogP contribution in [0.1, 0.15) is 39.5 Å². The fourth-order valence-electron chi connectivity index (χ4n) is 1.89. The molecule has 0 saturated carbocycles. The Morgan fingerprint density at radius 1 is 1.56 bits per heavy atom. The van der Waals surface area contributed by atoms with Crippen molar-refractivity contribution in [1.29, 1.82) is 5.26 Å². The molecule has 0 radical (unpaired) electrons. The largest absolute Gasteiger partial charge is 0.334 e. The number of rotatable bonds is 3. The molecule has 1 aliphatic rings. The van der Waals surface area contributed by atoms with Gasteiger partial charge in [-0.25, -0.2) is 4.79 Å². The molecule has 1 saturated heterocycles. The molecule has 1 N–H and O–H groups in total. The maximum atomic E-state index is 11.9.